The van der Waals surface area contributed by atoms with E-state index in [0.29, 0.717) is 10.8 Å². The highest BCUT2D eigenvalue weighted by molar-refractivity contribution is 7.80. The maximum absolute atomic E-state index is 12.8. The van der Waals surface area contributed by atoms with Crippen LogP contribution in [0, 0.1) is 12.7 Å². The normalized spacial score (nSPS) is 10.1. The van der Waals surface area contributed by atoms with Gasteiger partial charge in [-0.15, -0.1) is 0 Å². The summed E-state index contributed by atoms with van der Waals surface area (Å²) in [5, 5.41) is 3.07. The number of aryl methyl sites for hydroxylation is 1. The molecule has 0 aliphatic carbocycles. The molecule has 2 aromatic rings. The van der Waals surface area contributed by atoms with Gasteiger partial charge in [-0.1, -0.05) is 12.2 Å². The molecule has 5 heteroatoms. The van der Waals surface area contributed by atoms with Crippen LogP contribution in [0.5, 0.6) is 0 Å². The number of hydrogen-bond donors (Lipinski definition) is 2. The second kappa shape index (κ2) is 5.10. The van der Waals surface area contributed by atoms with E-state index in [1.165, 1.54) is 12.1 Å². The van der Waals surface area contributed by atoms with E-state index in [2.05, 4.69) is 10.3 Å². The number of hydrogen-bond acceptors (Lipinski definition) is 3. The molecule has 0 saturated carbocycles. The van der Waals surface area contributed by atoms with Crippen molar-refractivity contribution < 1.29 is 4.39 Å². The first-order chi connectivity index (χ1) is 8.54. The van der Waals surface area contributed by atoms with E-state index in [1.807, 2.05) is 13.0 Å². The van der Waals surface area contributed by atoms with Crippen LogP contribution in [0.15, 0.2) is 36.4 Å². The number of benzene rings is 1. The molecule has 1 aromatic heterocycles. The third-order valence-corrected chi connectivity index (χ3v) is 2.59. The first kappa shape index (κ1) is 12.4. The lowest BCUT2D eigenvalue weighted by molar-refractivity contribution is 0.628. The molecule has 0 saturated heterocycles. The molecular formula is C13H12FN3S. The highest BCUT2D eigenvalue weighted by atomic mass is 32.1. The molecule has 2 rings (SSSR count). The molecule has 0 unspecified atom stereocenters. The lowest BCUT2D eigenvalue weighted by Crippen LogP contribution is -2.10. The highest BCUT2D eigenvalue weighted by Crippen LogP contribution is 2.17. The van der Waals surface area contributed by atoms with Gasteiger partial charge in [-0.2, -0.15) is 0 Å². The lowest BCUT2D eigenvalue weighted by Gasteiger charge is -2.08. The molecule has 0 radical (unpaired) electrons. The van der Waals surface area contributed by atoms with E-state index in [-0.39, 0.29) is 5.82 Å². The van der Waals surface area contributed by atoms with Crippen molar-refractivity contribution in [3.8, 4) is 0 Å². The zero-order valence-corrected chi connectivity index (χ0v) is 10.6. The molecule has 0 spiro atoms. The quantitative estimate of drug-likeness (QED) is 0.834. The highest BCUT2D eigenvalue weighted by Gasteiger charge is 2.03. The Labute approximate surface area is 110 Å². The number of anilines is 2. The van der Waals surface area contributed by atoms with Crippen molar-refractivity contribution in [3.05, 3.63) is 53.5 Å². The maximum Gasteiger partial charge on any atom is 0.131 e. The number of thiocarbonyl (C=S) groups is 1. The Morgan fingerprint density at radius 2 is 1.94 bits per heavy atom. The molecule has 0 aliphatic heterocycles. The maximum atomic E-state index is 12.8. The summed E-state index contributed by atoms with van der Waals surface area (Å²) >= 11 is 4.94. The summed E-state index contributed by atoms with van der Waals surface area (Å²) in [6.07, 6.45) is 0. The van der Waals surface area contributed by atoms with E-state index in [4.69, 9.17) is 18.0 Å². The van der Waals surface area contributed by atoms with E-state index < -0.39 is 0 Å². The molecule has 1 aromatic carbocycles. The fraction of sp³-hybridized carbons (Fsp3) is 0.0769. The Hall–Kier alpha value is -2.01. The third kappa shape index (κ3) is 3.01. The minimum absolute atomic E-state index is 0.276. The van der Waals surface area contributed by atoms with Gasteiger partial charge in [-0.05, 0) is 43.3 Å². The predicted molar refractivity (Wildman–Crippen MR) is 74.5 cm³/mol. The number of pyridine rings is 1. The number of halogens is 1. The topological polar surface area (TPSA) is 50.9 Å². The van der Waals surface area contributed by atoms with Crippen molar-refractivity contribution in [2.45, 2.75) is 6.92 Å². The van der Waals surface area contributed by atoms with Gasteiger partial charge in [-0.3, -0.25) is 0 Å². The van der Waals surface area contributed by atoms with E-state index in [0.717, 1.165) is 16.9 Å². The lowest BCUT2D eigenvalue weighted by atomic mass is 10.2. The van der Waals surface area contributed by atoms with Gasteiger partial charge in [0, 0.05) is 16.9 Å². The Balaban J connectivity index is 2.28. The second-order valence-corrected chi connectivity index (χ2v) is 4.32. The summed E-state index contributed by atoms with van der Waals surface area (Å²) in [5.41, 5.74) is 7.91. The van der Waals surface area contributed by atoms with Gasteiger partial charge in [0.15, 0.2) is 0 Å². The molecule has 3 nitrogen and oxygen atoms in total. The standard InChI is InChI=1S/C13H12FN3S/c1-8-6-9(13(15)18)7-12(16-8)17-11-4-2-10(14)3-5-11/h2-7H,1H3,(H2,15,18)(H,16,17). The van der Waals surface area contributed by atoms with E-state index in [1.54, 1.807) is 18.2 Å². The summed E-state index contributed by atoms with van der Waals surface area (Å²) in [4.78, 5) is 4.64. The molecule has 3 N–H and O–H groups in total. The minimum Gasteiger partial charge on any atom is -0.389 e. The first-order valence-corrected chi connectivity index (χ1v) is 5.76. The molecule has 18 heavy (non-hydrogen) atoms. The fourth-order valence-corrected chi connectivity index (χ4v) is 1.67. The van der Waals surface area contributed by atoms with Crippen LogP contribution in [-0.2, 0) is 0 Å². The van der Waals surface area contributed by atoms with Gasteiger partial charge in [0.2, 0.25) is 0 Å². The predicted octanol–water partition coefficient (Wildman–Crippen LogP) is 2.91. The monoisotopic (exact) mass is 261 g/mol. The number of nitrogens with one attached hydrogen (secondary N) is 1. The van der Waals surface area contributed by atoms with Gasteiger partial charge in [0.1, 0.15) is 16.6 Å². The molecule has 92 valence electrons. The zero-order valence-electron chi connectivity index (χ0n) is 9.77. The number of nitrogens with zero attached hydrogens (tertiary/aromatic N) is 1. The summed E-state index contributed by atoms with van der Waals surface area (Å²) in [6, 6.07) is 9.62. The van der Waals surface area contributed by atoms with Crippen LogP contribution in [0.4, 0.5) is 15.9 Å². The van der Waals surface area contributed by atoms with Gasteiger partial charge < -0.3 is 11.1 Å². The van der Waals surface area contributed by atoms with Crippen molar-refractivity contribution in [2.75, 3.05) is 5.32 Å². The molecular weight excluding hydrogens is 249 g/mol. The first-order valence-electron chi connectivity index (χ1n) is 5.36. The van der Waals surface area contributed by atoms with E-state index >= 15 is 0 Å². The molecule has 0 amide bonds. The van der Waals surface area contributed by atoms with Gasteiger partial charge in [0.05, 0.1) is 0 Å². The second-order valence-electron chi connectivity index (χ2n) is 3.88. The van der Waals surface area contributed by atoms with Crippen molar-refractivity contribution in [1.82, 2.24) is 4.98 Å². The van der Waals surface area contributed by atoms with Crippen LogP contribution in [0.1, 0.15) is 11.3 Å². The Bertz CT molecular complexity index is 581. The molecule has 0 atom stereocenters. The Kier molecular flexibility index (Phi) is 3.53. The van der Waals surface area contributed by atoms with Gasteiger partial charge >= 0.3 is 0 Å². The van der Waals surface area contributed by atoms with Crippen LogP contribution in [0.3, 0.4) is 0 Å². The fourth-order valence-electron chi connectivity index (χ4n) is 1.56. The van der Waals surface area contributed by atoms with Crippen molar-refractivity contribution >= 4 is 28.7 Å². The summed E-state index contributed by atoms with van der Waals surface area (Å²) in [5.74, 6) is 0.353. The van der Waals surface area contributed by atoms with Crippen LogP contribution >= 0.6 is 12.2 Å². The van der Waals surface area contributed by atoms with Crippen molar-refractivity contribution in [3.63, 3.8) is 0 Å². The molecule has 0 aliphatic rings. The van der Waals surface area contributed by atoms with Crippen molar-refractivity contribution in [2.24, 2.45) is 5.73 Å². The van der Waals surface area contributed by atoms with Crippen LogP contribution in [0.2, 0.25) is 0 Å². The largest absolute Gasteiger partial charge is 0.389 e. The number of rotatable bonds is 3. The average molecular weight is 261 g/mol. The molecule has 1 heterocycles. The van der Waals surface area contributed by atoms with Crippen LogP contribution < -0.4 is 11.1 Å². The summed E-state index contributed by atoms with van der Waals surface area (Å²) < 4.78 is 12.8. The molecule has 0 fully saturated rings. The Morgan fingerprint density at radius 3 is 2.56 bits per heavy atom. The zero-order chi connectivity index (χ0) is 13.1. The minimum atomic E-state index is -0.276. The smallest absolute Gasteiger partial charge is 0.131 e. The average Bonchev–Trinajstić information content (AvgIpc) is 2.31. The third-order valence-electron chi connectivity index (χ3n) is 2.35. The number of nitrogens with two attached hydrogens (primary N) is 1. The number of aromatic nitrogens is 1. The summed E-state index contributed by atoms with van der Waals surface area (Å²) in [7, 11) is 0. The van der Waals surface area contributed by atoms with Crippen molar-refractivity contribution in [1.29, 1.82) is 0 Å². The van der Waals surface area contributed by atoms with Gasteiger partial charge in [-0.25, -0.2) is 9.37 Å². The van der Waals surface area contributed by atoms with Crippen LogP contribution in [-0.4, -0.2) is 9.97 Å². The summed E-state index contributed by atoms with van der Waals surface area (Å²) in [6.45, 7) is 1.86. The van der Waals surface area contributed by atoms with Gasteiger partial charge in [0.25, 0.3) is 0 Å². The SMILES string of the molecule is Cc1cc(C(N)=S)cc(Nc2ccc(F)cc2)n1. The van der Waals surface area contributed by atoms with E-state index in [9.17, 15) is 4.39 Å². The Morgan fingerprint density at radius 1 is 1.28 bits per heavy atom. The molecule has 0 bridgehead atoms. The van der Waals surface area contributed by atoms with Crippen LogP contribution in [0.25, 0.3) is 0 Å².